The van der Waals surface area contributed by atoms with Gasteiger partial charge in [-0.2, -0.15) is 0 Å². The molecular formula is C21H25NO2. The number of nitrogens with one attached hydrogen (secondary N) is 1. The van der Waals surface area contributed by atoms with Gasteiger partial charge in [-0.15, -0.1) is 0 Å². The second-order valence-electron chi connectivity index (χ2n) is 8.45. The molecule has 4 bridgehead atoms. The van der Waals surface area contributed by atoms with Crippen LogP contribution in [0.25, 0.3) is 11.3 Å². The van der Waals surface area contributed by atoms with Gasteiger partial charge in [-0.05, 0) is 62.5 Å². The molecule has 1 heterocycles. The molecule has 4 fully saturated rings. The van der Waals surface area contributed by atoms with Crippen LogP contribution in [0.1, 0.15) is 44.3 Å². The first-order chi connectivity index (χ1) is 11.6. The third-order valence-corrected chi connectivity index (χ3v) is 6.39. The van der Waals surface area contributed by atoms with E-state index in [0.29, 0.717) is 11.8 Å². The SMILES string of the molecule is OC12CC3CC(C1)CC(NCc1ccc(-c4ccccc4)o1)(C3)C2. The van der Waals surface area contributed by atoms with Crippen molar-refractivity contribution in [3.8, 4) is 11.3 Å². The Morgan fingerprint density at radius 2 is 1.75 bits per heavy atom. The molecule has 0 aliphatic heterocycles. The monoisotopic (exact) mass is 323 g/mol. The number of aliphatic hydroxyl groups is 1. The van der Waals surface area contributed by atoms with Crippen LogP contribution in [0.15, 0.2) is 46.9 Å². The third-order valence-electron chi connectivity index (χ3n) is 6.39. The number of hydrogen-bond acceptors (Lipinski definition) is 3. The molecular weight excluding hydrogens is 298 g/mol. The van der Waals surface area contributed by atoms with Crippen LogP contribution in [0, 0.1) is 11.8 Å². The van der Waals surface area contributed by atoms with Crippen LogP contribution >= 0.6 is 0 Å². The van der Waals surface area contributed by atoms with Crippen molar-refractivity contribution in [2.45, 2.75) is 56.2 Å². The van der Waals surface area contributed by atoms with Crippen LogP contribution in [-0.2, 0) is 6.54 Å². The highest BCUT2D eigenvalue weighted by Gasteiger charge is 2.56. The van der Waals surface area contributed by atoms with Gasteiger partial charge in [0.25, 0.3) is 0 Å². The van der Waals surface area contributed by atoms with E-state index in [1.54, 1.807) is 0 Å². The lowest BCUT2D eigenvalue weighted by molar-refractivity contribution is -0.143. The van der Waals surface area contributed by atoms with Gasteiger partial charge in [0.1, 0.15) is 11.5 Å². The number of hydrogen-bond donors (Lipinski definition) is 2. The lowest BCUT2D eigenvalue weighted by Crippen LogP contribution is -2.64. The summed E-state index contributed by atoms with van der Waals surface area (Å²) in [6.07, 6.45) is 6.72. The van der Waals surface area contributed by atoms with Gasteiger partial charge in [0.15, 0.2) is 0 Å². The van der Waals surface area contributed by atoms with Gasteiger partial charge in [-0.25, -0.2) is 0 Å². The van der Waals surface area contributed by atoms with Crippen LogP contribution in [0.5, 0.6) is 0 Å². The molecule has 2 unspecified atom stereocenters. The molecule has 6 rings (SSSR count). The van der Waals surface area contributed by atoms with Crippen molar-refractivity contribution < 1.29 is 9.52 Å². The minimum Gasteiger partial charge on any atom is -0.460 e. The highest BCUT2D eigenvalue weighted by atomic mass is 16.3. The van der Waals surface area contributed by atoms with Crippen LogP contribution in [0.2, 0.25) is 0 Å². The molecule has 0 radical (unpaired) electrons. The highest BCUT2D eigenvalue weighted by molar-refractivity contribution is 5.57. The predicted molar refractivity (Wildman–Crippen MR) is 93.3 cm³/mol. The van der Waals surface area contributed by atoms with E-state index in [2.05, 4.69) is 29.6 Å². The first-order valence-electron chi connectivity index (χ1n) is 9.23. The summed E-state index contributed by atoms with van der Waals surface area (Å²) in [6.45, 7) is 0.752. The van der Waals surface area contributed by atoms with Crippen molar-refractivity contribution in [2.75, 3.05) is 0 Å². The van der Waals surface area contributed by atoms with Gasteiger partial charge in [0, 0.05) is 11.1 Å². The Labute approximate surface area is 143 Å². The topological polar surface area (TPSA) is 45.4 Å². The summed E-state index contributed by atoms with van der Waals surface area (Å²) in [7, 11) is 0. The number of benzene rings is 1. The molecule has 2 aromatic rings. The third kappa shape index (κ3) is 2.51. The van der Waals surface area contributed by atoms with E-state index in [0.717, 1.165) is 42.9 Å². The minimum atomic E-state index is -0.407. The number of furan rings is 1. The molecule has 0 amide bonds. The molecule has 0 saturated heterocycles. The van der Waals surface area contributed by atoms with Gasteiger partial charge < -0.3 is 14.8 Å². The summed E-state index contributed by atoms with van der Waals surface area (Å²) in [5.41, 5.74) is 0.835. The molecule has 4 aliphatic rings. The standard InChI is InChI=1S/C21H25NO2/c23-21-11-15-8-16(12-21)10-20(9-15,14-21)22-13-18-6-7-19(24-18)17-4-2-1-3-5-17/h1-7,15-16,22-23H,8-14H2. The van der Waals surface area contributed by atoms with Crippen LogP contribution in [0.3, 0.4) is 0 Å². The largest absolute Gasteiger partial charge is 0.460 e. The molecule has 4 saturated carbocycles. The van der Waals surface area contributed by atoms with Gasteiger partial charge in [0.05, 0.1) is 12.1 Å². The predicted octanol–water partition coefficient (Wildman–Crippen LogP) is 4.12. The molecule has 1 aromatic carbocycles. The molecule has 24 heavy (non-hydrogen) atoms. The Balaban J connectivity index is 1.31. The Hall–Kier alpha value is -1.58. The Morgan fingerprint density at radius 1 is 1.00 bits per heavy atom. The molecule has 1 aromatic heterocycles. The Morgan fingerprint density at radius 3 is 2.46 bits per heavy atom. The lowest BCUT2D eigenvalue weighted by atomic mass is 9.51. The van der Waals surface area contributed by atoms with E-state index < -0.39 is 5.60 Å². The normalized spacial score (nSPS) is 37.0. The number of rotatable bonds is 4. The summed E-state index contributed by atoms with van der Waals surface area (Å²) < 4.78 is 6.03. The van der Waals surface area contributed by atoms with Crippen LogP contribution in [-0.4, -0.2) is 16.2 Å². The highest BCUT2D eigenvalue weighted by Crippen LogP contribution is 2.57. The first-order valence-corrected chi connectivity index (χ1v) is 9.23. The summed E-state index contributed by atoms with van der Waals surface area (Å²) in [4.78, 5) is 0. The van der Waals surface area contributed by atoms with E-state index in [1.807, 2.05) is 18.2 Å². The summed E-state index contributed by atoms with van der Waals surface area (Å²) >= 11 is 0. The fourth-order valence-electron chi connectivity index (χ4n) is 5.93. The summed E-state index contributed by atoms with van der Waals surface area (Å²) in [6, 6.07) is 14.4. The van der Waals surface area contributed by atoms with Crippen molar-refractivity contribution in [3.05, 3.63) is 48.2 Å². The zero-order valence-corrected chi connectivity index (χ0v) is 14.0. The maximum atomic E-state index is 10.9. The smallest absolute Gasteiger partial charge is 0.134 e. The minimum absolute atomic E-state index is 0.124. The molecule has 2 atom stereocenters. The zero-order valence-electron chi connectivity index (χ0n) is 14.0. The maximum absolute atomic E-state index is 10.9. The molecule has 126 valence electrons. The summed E-state index contributed by atoms with van der Waals surface area (Å²) in [5, 5.41) is 14.6. The quantitative estimate of drug-likeness (QED) is 0.889. The van der Waals surface area contributed by atoms with Crippen molar-refractivity contribution in [3.63, 3.8) is 0 Å². The van der Waals surface area contributed by atoms with Crippen molar-refractivity contribution in [1.82, 2.24) is 5.32 Å². The van der Waals surface area contributed by atoms with Crippen LogP contribution in [0.4, 0.5) is 0 Å². The first kappa shape index (κ1) is 14.7. The van der Waals surface area contributed by atoms with E-state index in [1.165, 1.54) is 19.3 Å². The van der Waals surface area contributed by atoms with E-state index >= 15 is 0 Å². The average molecular weight is 323 g/mol. The fourth-order valence-corrected chi connectivity index (χ4v) is 5.93. The van der Waals surface area contributed by atoms with E-state index in [4.69, 9.17) is 4.42 Å². The van der Waals surface area contributed by atoms with E-state index in [9.17, 15) is 5.11 Å². The van der Waals surface area contributed by atoms with Crippen molar-refractivity contribution >= 4 is 0 Å². The van der Waals surface area contributed by atoms with Gasteiger partial charge in [-0.3, -0.25) is 0 Å². The molecule has 2 N–H and O–H groups in total. The Bertz CT molecular complexity index is 721. The lowest BCUT2D eigenvalue weighted by Gasteiger charge is -2.60. The van der Waals surface area contributed by atoms with Gasteiger partial charge >= 0.3 is 0 Å². The molecule has 0 spiro atoms. The molecule has 4 aliphatic carbocycles. The van der Waals surface area contributed by atoms with Crippen LogP contribution < -0.4 is 5.32 Å². The fraction of sp³-hybridized carbons (Fsp3) is 0.524. The van der Waals surface area contributed by atoms with Gasteiger partial charge in [0.2, 0.25) is 0 Å². The second-order valence-corrected chi connectivity index (χ2v) is 8.45. The summed E-state index contributed by atoms with van der Waals surface area (Å²) in [5.74, 6) is 3.33. The van der Waals surface area contributed by atoms with Gasteiger partial charge in [-0.1, -0.05) is 30.3 Å². The molecule has 3 nitrogen and oxygen atoms in total. The van der Waals surface area contributed by atoms with Crippen molar-refractivity contribution in [2.24, 2.45) is 11.8 Å². The van der Waals surface area contributed by atoms with E-state index in [-0.39, 0.29) is 5.54 Å². The second kappa shape index (κ2) is 5.21. The maximum Gasteiger partial charge on any atom is 0.134 e. The zero-order chi connectivity index (χ0) is 16.2. The average Bonchev–Trinajstić information content (AvgIpc) is 3.01. The Kier molecular flexibility index (Phi) is 3.20. The molecule has 3 heteroatoms. The van der Waals surface area contributed by atoms with Crippen molar-refractivity contribution in [1.29, 1.82) is 0 Å².